The Kier molecular flexibility index (Phi) is 4.85. The van der Waals surface area contributed by atoms with Gasteiger partial charge < -0.3 is 9.47 Å². The third-order valence-corrected chi connectivity index (χ3v) is 3.72. The number of non-ortho nitro benzene ring substituents is 1. The van der Waals surface area contributed by atoms with E-state index in [9.17, 15) is 18.5 Å². The summed E-state index contributed by atoms with van der Waals surface area (Å²) in [5.41, 5.74) is 0.288. The van der Waals surface area contributed by atoms with Gasteiger partial charge in [-0.1, -0.05) is 0 Å². The summed E-state index contributed by atoms with van der Waals surface area (Å²) in [5.74, 6) is 0.111. The molecule has 0 N–H and O–H groups in total. The average molecular weight is 357 g/mol. The second-order valence-electron chi connectivity index (χ2n) is 4.84. The monoisotopic (exact) mass is 357 g/mol. The maximum absolute atomic E-state index is 11.4. The summed E-state index contributed by atoms with van der Waals surface area (Å²) < 4.78 is 37.7. The molecule has 0 radical (unpaired) electrons. The van der Waals surface area contributed by atoms with E-state index in [-0.39, 0.29) is 34.0 Å². The van der Waals surface area contributed by atoms with Crippen molar-refractivity contribution in [1.29, 1.82) is 0 Å². The number of rotatable bonds is 6. The molecule has 0 saturated carbocycles. The summed E-state index contributed by atoms with van der Waals surface area (Å²) in [6.07, 6.45) is -0.118. The Balaban J connectivity index is 2.76. The van der Waals surface area contributed by atoms with Crippen LogP contribution in [0.3, 0.4) is 0 Å². The molecule has 0 aliphatic carbocycles. The lowest BCUT2D eigenvalue weighted by Crippen LogP contribution is -2.09. The fraction of sp³-hybridized carbons (Fsp3) is 0.385. The van der Waals surface area contributed by atoms with Crippen molar-refractivity contribution in [2.75, 3.05) is 20.5 Å². The van der Waals surface area contributed by atoms with Crippen molar-refractivity contribution in [3.05, 3.63) is 27.8 Å². The Bertz CT molecular complexity index is 898. The largest absolute Gasteiger partial charge is 0.477 e. The average Bonchev–Trinajstić information content (AvgIpc) is 2.50. The predicted octanol–water partition coefficient (Wildman–Crippen LogP) is 1.59. The van der Waals surface area contributed by atoms with Crippen LogP contribution >= 0.6 is 0 Å². The van der Waals surface area contributed by atoms with Crippen LogP contribution in [0, 0.1) is 10.1 Å². The van der Waals surface area contributed by atoms with Crippen molar-refractivity contribution in [2.45, 2.75) is 13.0 Å². The van der Waals surface area contributed by atoms with Crippen LogP contribution in [0.2, 0.25) is 0 Å². The molecule has 1 unspecified atom stereocenters. The van der Waals surface area contributed by atoms with E-state index in [0.717, 1.165) is 6.26 Å². The second kappa shape index (κ2) is 6.53. The van der Waals surface area contributed by atoms with E-state index in [1.165, 1.54) is 33.3 Å². The number of ether oxygens (including phenoxy) is 2. The molecule has 2 rings (SSSR count). The van der Waals surface area contributed by atoms with Crippen molar-refractivity contribution in [1.82, 2.24) is 9.97 Å². The van der Waals surface area contributed by atoms with Gasteiger partial charge in [0, 0.05) is 17.7 Å². The molecule has 24 heavy (non-hydrogen) atoms. The summed E-state index contributed by atoms with van der Waals surface area (Å²) in [6.45, 7) is 1.44. The second-order valence-corrected chi connectivity index (χ2v) is 6.45. The Morgan fingerprint density at radius 2 is 1.75 bits per heavy atom. The Hall–Kier alpha value is -2.53. The SMILES string of the molecule is COc1nc2cc([N+](=O)[O-])cc(C(C)OS(C)(=O)=O)c2nc1OC. The predicted molar refractivity (Wildman–Crippen MR) is 83.6 cm³/mol. The van der Waals surface area contributed by atoms with E-state index in [4.69, 9.17) is 13.7 Å². The van der Waals surface area contributed by atoms with Gasteiger partial charge in [0.15, 0.2) is 0 Å². The number of hydrogen-bond acceptors (Lipinski definition) is 9. The summed E-state index contributed by atoms with van der Waals surface area (Å²) >= 11 is 0. The smallest absolute Gasteiger partial charge is 0.278 e. The van der Waals surface area contributed by atoms with Gasteiger partial charge in [-0.2, -0.15) is 8.42 Å². The summed E-state index contributed by atoms with van der Waals surface area (Å²) in [6, 6.07) is 2.40. The first-order valence-electron chi connectivity index (χ1n) is 6.62. The molecule has 0 bridgehead atoms. The van der Waals surface area contributed by atoms with Crippen LogP contribution in [0.4, 0.5) is 5.69 Å². The van der Waals surface area contributed by atoms with Gasteiger partial charge in [0.2, 0.25) is 0 Å². The highest BCUT2D eigenvalue weighted by molar-refractivity contribution is 7.86. The minimum atomic E-state index is -3.78. The van der Waals surface area contributed by atoms with Gasteiger partial charge in [0.1, 0.15) is 11.6 Å². The van der Waals surface area contributed by atoms with Crippen LogP contribution in [0.1, 0.15) is 18.6 Å². The summed E-state index contributed by atoms with van der Waals surface area (Å²) in [4.78, 5) is 18.8. The lowest BCUT2D eigenvalue weighted by Gasteiger charge is -2.14. The van der Waals surface area contributed by atoms with Crippen molar-refractivity contribution >= 4 is 26.8 Å². The van der Waals surface area contributed by atoms with Crippen molar-refractivity contribution in [3.63, 3.8) is 0 Å². The number of nitrogens with zero attached hydrogens (tertiary/aromatic N) is 3. The molecular weight excluding hydrogens is 342 g/mol. The molecule has 11 heteroatoms. The van der Waals surface area contributed by atoms with E-state index in [0.29, 0.717) is 0 Å². The molecule has 0 spiro atoms. The molecule has 0 aliphatic heterocycles. The molecule has 10 nitrogen and oxygen atoms in total. The van der Waals surface area contributed by atoms with Crippen LogP contribution in [0.25, 0.3) is 11.0 Å². The maximum atomic E-state index is 11.4. The van der Waals surface area contributed by atoms with Gasteiger partial charge in [0.25, 0.3) is 27.6 Å². The van der Waals surface area contributed by atoms with Crippen LogP contribution < -0.4 is 9.47 Å². The third-order valence-electron chi connectivity index (χ3n) is 3.08. The van der Waals surface area contributed by atoms with Crippen molar-refractivity contribution in [2.24, 2.45) is 0 Å². The number of hydrogen-bond donors (Lipinski definition) is 0. The number of methoxy groups -OCH3 is 2. The molecule has 130 valence electrons. The standard InChI is InChI=1S/C13H15N3O7S/c1-7(23-24(4,19)20)9-5-8(16(17)18)6-10-11(9)15-13(22-3)12(14-10)21-2/h5-7H,1-4H3. The van der Waals surface area contributed by atoms with Crippen LogP contribution in [0.5, 0.6) is 11.8 Å². The van der Waals surface area contributed by atoms with Gasteiger partial charge in [-0.15, -0.1) is 0 Å². The van der Waals surface area contributed by atoms with E-state index < -0.39 is 21.1 Å². The molecule has 0 aliphatic rings. The fourth-order valence-electron chi connectivity index (χ4n) is 2.13. The Morgan fingerprint density at radius 1 is 1.17 bits per heavy atom. The lowest BCUT2D eigenvalue weighted by atomic mass is 10.1. The Morgan fingerprint density at radius 3 is 2.25 bits per heavy atom. The van der Waals surface area contributed by atoms with E-state index in [1.807, 2.05) is 0 Å². The highest BCUT2D eigenvalue weighted by atomic mass is 32.2. The first-order valence-corrected chi connectivity index (χ1v) is 8.44. The summed E-state index contributed by atoms with van der Waals surface area (Å²) in [7, 11) is -1.06. The van der Waals surface area contributed by atoms with E-state index >= 15 is 0 Å². The van der Waals surface area contributed by atoms with Gasteiger partial charge >= 0.3 is 0 Å². The molecule has 1 atom stereocenters. The van der Waals surface area contributed by atoms with E-state index in [1.54, 1.807) is 0 Å². The highest BCUT2D eigenvalue weighted by Gasteiger charge is 2.23. The first-order chi connectivity index (χ1) is 11.2. The number of fused-ring (bicyclic) bond motifs is 1. The molecular formula is C13H15N3O7S. The molecule has 0 saturated heterocycles. The zero-order valence-electron chi connectivity index (χ0n) is 13.3. The van der Waals surface area contributed by atoms with Gasteiger partial charge in [-0.05, 0) is 6.92 Å². The molecule has 0 amide bonds. The first kappa shape index (κ1) is 17.8. The zero-order chi connectivity index (χ0) is 18.1. The summed E-state index contributed by atoms with van der Waals surface area (Å²) in [5, 5.41) is 11.1. The number of nitro benzene ring substituents is 1. The zero-order valence-corrected chi connectivity index (χ0v) is 14.2. The maximum Gasteiger partial charge on any atom is 0.278 e. The van der Waals surface area contributed by atoms with Gasteiger partial charge in [-0.3, -0.25) is 14.3 Å². The van der Waals surface area contributed by atoms with Crippen LogP contribution in [0.15, 0.2) is 12.1 Å². The molecule has 1 aromatic heterocycles. The number of aromatic nitrogens is 2. The van der Waals surface area contributed by atoms with Gasteiger partial charge in [0.05, 0.1) is 30.9 Å². The number of benzene rings is 1. The normalized spacial score (nSPS) is 12.8. The van der Waals surface area contributed by atoms with Crippen LogP contribution in [-0.4, -0.2) is 43.8 Å². The fourth-order valence-corrected chi connectivity index (χ4v) is 2.76. The highest BCUT2D eigenvalue weighted by Crippen LogP contribution is 2.33. The molecule has 1 heterocycles. The lowest BCUT2D eigenvalue weighted by molar-refractivity contribution is -0.384. The topological polar surface area (TPSA) is 131 Å². The molecule has 2 aromatic rings. The van der Waals surface area contributed by atoms with Gasteiger partial charge in [-0.25, -0.2) is 9.97 Å². The Labute approximate surface area is 137 Å². The van der Waals surface area contributed by atoms with Crippen molar-refractivity contribution in [3.8, 4) is 11.8 Å². The third kappa shape index (κ3) is 3.68. The van der Waals surface area contributed by atoms with E-state index in [2.05, 4.69) is 9.97 Å². The number of nitro groups is 1. The minimum absolute atomic E-state index is 0.0492. The minimum Gasteiger partial charge on any atom is -0.477 e. The molecule has 1 aromatic carbocycles. The van der Waals surface area contributed by atoms with Crippen molar-refractivity contribution < 1.29 is 27.0 Å². The van der Waals surface area contributed by atoms with Crippen LogP contribution in [-0.2, 0) is 14.3 Å². The quantitative estimate of drug-likeness (QED) is 0.429. The molecule has 0 fully saturated rings.